The first-order chi connectivity index (χ1) is 9.47. The Kier molecular flexibility index (Phi) is 4.13. The molecule has 2 aromatic rings. The maximum absolute atomic E-state index is 12.4. The number of nitrogens with two attached hydrogens (primary N) is 1. The molecule has 0 aliphatic heterocycles. The Balaban J connectivity index is 2.06. The van der Waals surface area contributed by atoms with E-state index < -0.39 is 0 Å². The number of nitrogens with zero attached hydrogens (tertiary/aromatic N) is 1. The van der Waals surface area contributed by atoms with Gasteiger partial charge in [0.05, 0.1) is 12.5 Å². The molecule has 0 aliphatic rings. The van der Waals surface area contributed by atoms with Crippen LogP contribution in [0.15, 0.2) is 40.8 Å². The van der Waals surface area contributed by atoms with Crippen molar-refractivity contribution in [2.45, 2.75) is 26.3 Å². The fraction of sp³-hybridized carbons (Fsp3) is 0.312. The van der Waals surface area contributed by atoms with Crippen LogP contribution in [0.4, 0.5) is 5.69 Å². The van der Waals surface area contributed by atoms with E-state index in [1.54, 1.807) is 11.9 Å². The van der Waals surface area contributed by atoms with Gasteiger partial charge in [0, 0.05) is 12.7 Å². The first-order valence-corrected chi connectivity index (χ1v) is 6.63. The van der Waals surface area contributed by atoms with E-state index in [0.717, 1.165) is 17.1 Å². The lowest BCUT2D eigenvalue weighted by atomic mass is 9.99. The van der Waals surface area contributed by atoms with Crippen LogP contribution in [-0.4, -0.2) is 17.9 Å². The predicted octanol–water partition coefficient (Wildman–Crippen LogP) is 2.93. The van der Waals surface area contributed by atoms with Gasteiger partial charge in [-0.05, 0) is 43.7 Å². The number of anilines is 1. The Morgan fingerprint density at radius 3 is 2.70 bits per heavy atom. The number of nitrogen functional groups attached to an aromatic ring is 1. The normalized spacial score (nSPS) is 12.2. The molecular weight excluding hydrogens is 252 g/mol. The summed E-state index contributed by atoms with van der Waals surface area (Å²) in [5.41, 5.74) is 7.36. The summed E-state index contributed by atoms with van der Waals surface area (Å²) in [5, 5.41) is 0. The van der Waals surface area contributed by atoms with Crippen molar-refractivity contribution in [3.05, 3.63) is 53.5 Å². The maximum atomic E-state index is 12.4. The zero-order chi connectivity index (χ0) is 14.7. The van der Waals surface area contributed by atoms with Crippen molar-refractivity contribution in [2.24, 2.45) is 0 Å². The molecule has 1 amide bonds. The van der Waals surface area contributed by atoms with Gasteiger partial charge in [-0.25, -0.2) is 0 Å². The highest BCUT2D eigenvalue weighted by molar-refractivity contribution is 5.83. The van der Waals surface area contributed by atoms with Gasteiger partial charge in [-0.3, -0.25) is 4.79 Å². The zero-order valence-corrected chi connectivity index (χ0v) is 12.1. The van der Waals surface area contributed by atoms with Crippen LogP contribution in [0.3, 0.4) is 0 Å². The number of hydrogen-bond donors (Lipinski definition) is 1. The van der Waals surface area contributed by atoms with Crippen LogP contribution >= 0.6 is 0 Å². The Bertz CT molecular complexity index is 604. The number of benzene rings is 1. The molecule has 0 fully saturated rings. The summed E-state index contributed by atoms with van der Waals surface area (Å²) in [6.45, 7) is 4.25. The molecule has 1 unspecified atom stereocenters. The molecule has 1 aromatic heterocycles. The fourth-order valence-corrected chi connectivity index (χ4v) is 2.18. The quantitative estimate of drug-likeness (QED) is 0.870. The number of amides is 1. The molecule has 0 aliphatic carbocycles. The standard InChI is InChI=1S/C16H20N2O2/c1-11-7-8-15(20-11)10-18(3)16(19)12(2)13-5-4-6-14(17)9-13/h4-9,12H,10,17H2,1-3H3. The fourth-order valence-electron chi connectivity index (χ4n) is 2.18. The SMILES string of the molecule is Cc1ccc(CN(C)C(=O)C(C)c2cccc(N)c2)o1. The van der Waals surface area contributed by atoms with E-state index in [2.05, 4.69) is 0 Å². The minimum absolute atomic E-state index is 0.0460. The highest BCUT2D eigenvalue weighted by atomic mass is 16.3. The van der Waals surface area contributed by atoms with E-state index in [9.17, 15) is 4.79 Å². The Morgan fingerprint density at radius 1 is 1.35 bits per heavy atom. The summed E-state index contributed by atoms with van der Waals surface area (Å²) in [4.78, 5) is 14.1. The highest BCUT2D eigenvalue weighted by Gasteiger charge is 2.20. The van der Waals surface area contributed by atoms with Gasteiger partial charge in [0.2, 0.25) is 5.91 Å². The van der Waals surface area contributed by atoms with Crippen LogP contribution in [0, 0.1) is 6.92 Å². The van der Waals surface area contributed by atoms with Crippen LogP contribution in [0.5, 0.6) is 0 Å². The molecule has 4 nitrogen and oxygen atoms in total. The molecule has 2 rings (SSSR count). The first-order valence-electron chi connectivity index (χ1n) is 6.63. The van der Waals surface area contributed by atoms with Crippen molar-refractivity contribution in [3.63, 3.8) is 0 Å². The van der Waals surface area contributed by atoms with Gasteiger partial charge in [0.15, 0.2) is 0 Å². The summed E-state index contributed by atoms with van der Waals surface area (Å²) in [7, 11) is 1.78. The third-order valence-electron chi connectivity index (χ3n) is 3.35. The second-order valence-corrected chi connectivity index (χ2v) is 5.10. The Hall–Kier alpha value is -2.23. The smallest absolute Gasteiger partial charge is 0.229 e. The summed E-state index contributed by atoms with van der Waals surface area (Å²) < 4.78 is 5.49. The average molecular weight is 272 g/mol. The van der Waals surface area contributed by atoms with Crippen molar-refractivity contribution in [2.75, 3.05) is 12.8 Å². The van der Waals surface area contributed by atoms with Gasteiger partial charge in [0.1, 0.15) is 11.5 Å². The molecule has 1 heterocycles. The molecule has 0 bridgehead atoms. The predicted molar refractivity (Wildman–Crippen MR) is 79.2 cm³/mol. The van der Waals surface area contributed by atoms with Crippen molar-refractivity contribution in [1.29, 1.82) is 0 Å². The number of carbonyl (C=O) groups is 1. The minimum Gasteiger partial charge on any atom is -0.464 e. The van der Waals surface area contributed by atoms with Crippen molar-refractivity contribution in [1.82, 2.24) is 4.90 Å². The topological polar surface area (TPSA) is 59.5 Å². The lowest BCUT2D eigenvalue weighted by Gasteiger charge is -2.21. The molecule has 0 saturated heterocycles. The lowest BCUT2D eigenvalue weighted by Crippen LogP contribution is -2.30. The van der Waals surface area contributed by atoms with E-state index in [1.807, 2.05) is 50.2 Å². The maximum Gasteiger partial charge on any atom is 0.229 e. The molecule has 0 spiro atoms. The lowest BCUT2D eigenvalue weighted by molar-refractivity contribution is -0.131. The minimum atomic E-state index is -0.223. The molecule has 0 saturated carbocycles. The summed E-state index contributed by atoms with van der Waals surface area (Å²) in [6, 6.07) is 11.2. The molecule has 20 heavy (non-hydrogen) atoms. The summed E-state index contributed by atoms with van der Waals surface area (Å²) in [6.07, 6.45) is 0. The monoisotopic (exact) mass is 272 g/mol. The highest BCUT2D eigenvalue weighted by Crippen LogP contribution is 2.20. The van der Waals surface area contributed by atoms with Gasteiger partial charge in [-0.1, -0.05) is 12.1 Å². The number of likely N-dealkylation sites (N-methyl/N-ethyl adjacent to an activating group) is 1. The molecule has 1 atom stereocenters. The van der Waals surface area contributed by atoms with Gasteiger partial charge < -0.3 is 15.1 Å². The number of carbonyl (C=O) groups excluding carboxylic acids is 1. The Morgan fingerprint density at radius 2 is 2.10 bits per heavy atom. The number of rotatable bonds is 4. The van der Waals surface area contributed by atoms with E-state index in [1.165, 1.54) is 0 Å². The number of hydrogen-bond acceptors (Lipinski definition) is 3. The van der Waals surface area contributed by atoms with E-state index >= 15 is 0 Å². The van der Waals surface area contributed by atoms with Crippen LogP contribution < -0.4 is 5.73 Å². The van der Waals surface area contributed by atoms with Crippen molar-refractivity contribution in [3.8, 4) is 0 Å². The molecule has 1 aromatic carbocycles. The van der Waals surface area contributed by atoms with Gasteiger partial charge in [-0.15, -0.1) is 0 Å². The van der Waals surface area contributed by atoms with Crippen LogP contribution in [0.25, 0.3) is 0 Å². The number of aryl methyl sites for hydroxylation is 1. The summed E-state index contributed by atoms with van der Waals surface area (Å²) >= 11 is 0. The third-order valence-corrected chi connectivity index (χ3v) is 3.35. The van der Waals surface area contributed by atoms with E-state index in [-0.39, 0.29) is 11.8 Å². The first kappa shape index (κ1) is 14.2. The second kappa shape index (κ2) is 5.82. The largest absolute Gasteiger partial charge is 0.464 e. The molecule has 2 N–H and O–H groups in total. The second-order valence-electron chi connectivity index (χ2n) is 5.10. The van der Waals surface area contributed by atoms with Gasteiger partial charge in [-0.2, -0.15) is 0 Å². The van der Waals surface area contributed by atoms with Crippen LogP contribution in [0.2, 0.25) is 0 Å². The van der Waals surface area contributed by atoms with Gasteiger partial charge >= 0.3 is 0 Å². The van der Waals surface area contributed by atoms with Crippen molar-refractivity contribution >= 4 is 11.6 Å². The third kappa shape index (κ3) is 3.20. The van der Waals surface area contributed by atoms with Crippen molar-refractivity contribution < 1.29 is 9.21 Å². The molecule has 0 radical (unpaired) electrons. The van der Waals surface area contributed by atoms with E-state index in [4.69, 9.17) is 10.2 Å². The zero-order valence-electron chi connectivity index (χ0n) is 12.1. The average Bonchev–Trinajstić information content (AvgIpc) is 2.82. The number of furan rings is 1. The summed E-state index contributed by atoms with van der Waals surface area (Å²) in [5.74, 6) is 1.46. The Labute approximate surface area is 119 Å². The molecule has 106 valence electrons. The van der Waals surface area contributed by atoms with Crippen LogP contribution in [-0.2, 0) is 11.3 Å². The van der Waals surface area contributed by atoms with Gasteiger partial charge in [0.25, 0.3) is 0 Å². The molecule has 4 heteroatoms. The van der Waals surface area contributed by atoms with E-state index in [0.29, 0.717) is 12.2 Å². The van der Waals surface area contributed by atoms with Crippen LogP contribution in [0.1, 0.15) is 29.9 Å². The molecular formula is C16H20N2O2.